The number of carbonyl (C=O) groups excluding carboxylic acids is 1. The first-order chi connectivity index (χ1) is 9.28. The van der Waals surface area contributed by atoms with Crippen molar-refractivity contribution in [2.24, 2.45) is 0 Å². The van der Waals surface area contributed by atoms with E-state index < -0.39 is 0 Å². The Morgan fingerprint density at radius 3 is 2.45 bits per heavy atom. The van der Waals surface area contributed by atoms with Gasteiger partial charge < -0.3 is 0 Å². The molecule has 0 radical (unpaired) electrons. The lowest BCUT2D eigenvalue weighted by molar-refractivity contribution is -0.104. The molecule has 108 valence electrons. The van der Waals surface area contributed by atoms with Gasteiger partial charge in [-0.3, -0.25) is 4.79 Å². The van der Waals surface area contributed by atoms with Gasteiger partial charge in [-0.05, 0) is 62.9 Å². The normalized spacial score (nSPS) is 14.6. The molecule has 1 aromatic carbocycles. The van der Waals surface area contributed by atoms with E-state index in [9.17, 15) is 9.18 Å². The van der Waals surface area contributed by atoms with Gasteiger partial charge in [0.05, 0.1) is 0 Å². The van der Waals surface area contributed by atoms with E-state index in [0.29, 0.717) is 5.57 Å². The zero-order valence-corrected chi connectivity index (χ0v) is 13.0. The van der Waals surface area contributed by atoms with Crippen molar-refractivity contribution in [3.8, 4) is 0 Å². The van der Waals surface area contributed by atoms with Crippen molar-refractivity contribution in [2.45, 2.75) is 46.5 Å². The smallest absolute Gasteiger partial charge is 0.145 e. The third-order valence-electron chi connectivity index (χ3n) is 3.47. The molecule has 2 heteroatoms. The Balaban J connectivity index is 3.36. The van der Waals surface area contributed by atoms with Gasteiger partial charge in [-0.1, -0.05) is 30.7 Å². The van der Waals surface area contributed by atoms with Crippen molar-refractivity contribution < 1.29 is 9.18 Å². The number of carbonyl (C=O) groups is 1. The molecule has 0 heterocycles. The summed E-state index contributed by atoms with van der Waals surface area (Å²) in [5.74, 6) is -0.230. The van der Waals surface area contributed by atoms with Crippen LogP contribution in [0.2, 0.25) is 0 Å². The molecule has 0 fully saturated rings. The Hall–Kier alpha value is -1.70. The first kappa shape index (κ1) is 16.4. The highest BCUT2D eigenvalue weighted by Gasteiger charge is 2.25. The van der Waals surface area contributed by atoms with E-state index in [1.165, 1.54) is 11.6 Å². The van der Waals surface area contributed by atoms with E-state index in [4.69, 9.17) is 0 Å². The van der Waals surface area contributed by atoms with Crippen LogP contribution in [0.25, 0.3) is 0 Å². The van der Waals surface area contributed by atoms with Crippen molar-refractivity contribution in [1.29, 1.82) is 0 Å². The first-order valence-corrected chi connectivity index (χ1v) is 6.83. The van der Waals surface area contributed by atoms with Crippen LogP contribution < -0.4 is 0 Å². The lowest BCUT2D eigenvalue weighted by atomic mass is 9.76. The summed E-state index contributed by atoms with van der Waals surface area (Å²) in [6.07, 6.45) is 5.77. The van der Waals surface area contributed by atoms with Crippen LogP contribution in [0.1, 0.15) is 45.2 Å². The van der Waals surface area contributed by atoms with Crippen molar-refractivity contribution in [3.05, 3.63) is 58.4 Å². The quantitative estimate of drug-likeness (QED) is 0.424. The highest BCUT2D eigenvalue weighted by atomic mass is 19.1. The maximum atomic E-state index is 13.3. The lowest BCUT2D eigenvalue weighted by Crippen LogP contribution is -2.20. The van der Waals surface area contributed by atoms with Crippen LogP contribution in [-0.2, 0) is 10.2 Å². The van der Waals surface area contributed by atoms with Crippen LogP contribution in [-0.4, -0.2) is 6.29 Å². The molecule has 1 atom stereocenters. The zero-order valence-electron chi connectivity index (χ0n) is 13.0. The zero-order chi connectivity index (χ0) is 15.3. The molecule has 0 N–H and O–H groups in total. The average molecular weight is 274 g/mol. The highest BCUT2D eigenvalue weighted by molar-refractivity contribution is 5.72. The second kappa shape index (κ2) is 6.65. The molecule has 1 nitrogen and oxygen atoms in total. The summed E-state index contributed by atoms with van der Waals surface area (Å²) in [5, 5.41) is 0. The maximum absolute atomic E-state index is 13.3. The molecule has 0 aliphatic carbocycles. The molecule has 1 unspecified atom stereocenters. The van der Waals surface area contributed by atoms with Crippen LogP contribution >= 0.6 is 0 Å². The van der Waals surface area contributed by atoms with Crippen molar-refractivity contribution in [1.82, 2.24) is 0 Å². The van der Waals surface area contributed by atoms with E-state index in [2.05, 4.69) is 13.0 Å². The topological polar surface area (TPSA) is 17.1 Å². The van der Waals surface area contributed by atoms with E-state index in [1.807, 2.05) is 32.9 Å². The number of aldehydes is 1. The van der Waals surface area contributed by atoms with Crippen LogP contribution in [0, 0.1) is 12.7 Å². The van der Waals surface area contributed by atoms with Gasteiger partial charge >= 0.3 is 0 Å². The fourth-order valence-corrected chi connectivity index (χ4v) is 2.47. The fourth-order valence-electron chi connectivity index (χ4n) is 2.47. The number of rotatable bonds is 5. The van der Waals surface area contributed by atoms with E-state index in [0.717, 1.165) is 23.8 Å². The summed E-state index contributed by atoms with van der Waals surface area (Å²) >= 11 is 0. The summed E-state index contributed by atoms with van der Waals surface area (Å²) in [7, 11) is 0. The second-order valence-corrected chi connectivity index (χ2v) is 5.87. The van der Waals surface area contributed by atoms with Gasteiger partial charge in [-0.2, -0.15) is 0 Å². The molecule has 0 aliphatic heterocycles. The number of hydrogen-bond donors (Lipinski definition) is 0. The summed E-state index contributed by atoms with van der Waals surface area (Å²) in [4.78, 5) is 10.9. The lowest BCUT2D eigenvalue weighted by Gasteiger charge is -2.28. The van der Waals surface area contributed by atoms with Gasteiger partial charge in [0.15, 0.2) is 0 Å². The van der Waals surface area contributed by atoms with E-state index in [-0.39, 0.29) is 11.2 Å². The molecule has 20 heavy (non-hydrogen) atoms. The molecule has 0 saturated carbocycles. The third-order valence-corrected chi connectivity index (χ3v) is 3.47. The summed E-state index contributed by atoms with van der Waals surface area (Å²) in [6.45, 7) is 9.89. The Labute approximate surface area is 121 Å². The number of allylic oxidation sites excluding steroid dienone is 4. The largest absolute Gasteiger partial charge is 0.298 e. The minimum atomic E-state index is -0.306. The Morgan fingerprint density at radius 2 is 1.95 bits per heavy atom. The standard InChI is InChI=1S/C18H23FO/c1-13(2)8-9-18(5,11-14(3)12-20)17-7-6-16(19)10-15(17)4/h6-8,10-12H,9H2,1-5H3/b14-11+. The monoisotopic (exact) mass is 274 g/mol. The molecule has 0 spiro atoms. The van der Waals surface area contributed by atoms with Gasteiger partial charge in [-0.25, -0.2) is 4.39 Å². The highest BCUT2D eigenvalue weighted by Crippen LogP contribution is 2.33. The predicted molar refractivity (Wildman–Crippen MR) is 82.4 cm³/mol. The Bertz CT molecular complexity index is 551. The number of aryl methyl sites for hydroxylation is 1. The van der Waals surface area contributed by atoms with Gasteiger partial charge in [0.2, 0.25) is 0 Å². The van der Waals surface area contributed by atoms with Crippen molar-refractivity contribution >= 4 is 6.29 Å². The average Bonchev–Trinajstić information content (AvgIpc) is 2.36. The maximum Gasteiger partial charge on any atom is 0.145 e. The summed E-state index contributed by atoms with van der Waals surface area (Å²) in [5.41, 5.74) is 3.58. The van der Waals surface area contributed by atoms with Gasteiger partial charge in [0.1, 0.15) is 12.1 Å². The second-order valence-electron chi connectivity index (χ2n) is 5.87. The Morgan fingerprint density at radius 1 is 1.30 bits per heavy atom. The molecule has 0 aromatic heterocycles. The van der Waals surface area contributed by atoms with Gasteiger partial charge in [0.25, 0.3) is 0 Å². The third kappa shape index (κ3) is 4.16. The molecule has 0 amide bonds. The van der Waals surface area contributed by atoms with Crippen LogP contribution in [0.5, 0.6) is 0 Å². The van der Waals surface area contributed by atoms with Crippen LogP contribution in [0.4, 0.5) is 4.39 Å². The molecule has 1 rings (SSSR count). The number of hydrogen-bond acceptors (Lipinski definition) is 1. The molecule has 0 aliphatic rings. The SMILES string of the molecule is CC(C)=CCC(C)(/C=C(\C)C=O)c1ccc(F)cc1C. The van der Waals surface area contributed by atoms with Crippen LogP contribution in [0.15, 0.2) is 41.5 Å². The van der Waals surface area contributed by atoms with E-state index >= 15 is 0 Å². The minimum Gasteiger partial charge on any atom is -0.298 e. The van der Waals surface area contributed by atoms with E-state index in [1.54, 1.807) is 13.0 Å². The molecule has 1 aromatic rings. The van der Waals surface area contributed by atoms with Crippen molar-refractivity contribution in [3.63, 3.8) is 0 Å². The van der Waals surface area contributed by atoms with Gasteiger partial charge in [-0.15, -0.1) is 0 Å². The molecular weight excluding hydrogens is 251 g/mol. The number of halogens is 1. The summed E-state index contributed by atoms with van der Waals surface area (Å²) < 4.78 is 13.3. The van der Waals surface area contributed by atoms with Crippen molar-refractivity contribution in [2.75, 3.05) is 0 Å². The minimum absolute atomic E-state index is 0.230. The molecule has 0 saturated heterocycles. The number of benzene rings is 1. The molecular formula is C18H23FO. The fraction of sp³-hybridized carbons (Fsp3) is 0.389. The van der Waals surface area contributed by atoms with Crippen LogP contribution in [0.3, 0.4) is 0 Å². The summed E-state index contributed by atoms with van der Waals surface area (Å²) in [6, 6.07) is 4.84. The molecule has 0 bridgehead atoms. The van der Waals surface area contributed by atoms with Gasteiger partial charge in [0, 0.05) is 5.41 Å². The first-order valence-electron chi connectivity index (χ1n) is 6.83. The Kier molecular flexibility index (Phi) is 5.43. The predicted octanol–water partition coefficient (Wildman–Crippen LogP) is 4.89.